The van der Waals surface area contributed by atoms with Crippen LogP contribution in [-0.4, -0.2) is 61.4 Å². The van der Waals surface area contributed by atoms with Crippen molar-refractivity contribution in [2.45, 2.75) is 45.2 Å². The minimum absolute atomic E-state index is 0.555. The lowest BCUT2D eigenvalue weighted by molar-refractivity contribution is 0.0954. The highest BCUT2D eigenvalue weighted by atomic mass is 16.5. The summed E-state index contributed by atoms with van der Waals surface area (Å²) >= 11 is 0. The average molecular weight is 373 g/mol. The number of aromatic nitrogens is 2. The number of hydrogen-bond donors (Lipinski definition) is 1. The number of fused-ring (bicyclic) bond motifs is 1. The topological polar surface area (TPSA) is 59.5 Å². The third-order valence-corrected chi connectivity index (χ3v) is 5.32. The van der Waals surface area contributed by atoms with Gasteiger partial charge in [-0.25, -0.2) is 9.97 Å². The molecule has 1 unspecified atom stereocenters. The Kier molecular flexibility index (Phi) is 7.38. The van der Waals surface area contributed by atoms with Crippen molar-refractivity contribution in [2.75, 3.05) is 45.8 Å². The highest BCUT2D eigenvalue weighted by Gasteiger charge is 2.23. The number of rotatable bonds is 9. The van der Waals surface area contributed by atoms with Crippen molar-refractivity contribution in [3.63, 3.8) is 0 Å². The van der Waals surface area contributed by atoms with Gasteiger partial charge in [-0.15, -0.1) is 0 Å². The summed E-state index contributed by atoms with van der Waals surface area (Å²) < 4.78 is 10.5. The summed E-state index contributed by atoms with van der Waals surface area (Å²) in [4.78, 5) is 12.3. The molecular weight excluding hydrogens is 340 g/mol. The first-order valence-corrected chi connectivity index (χ1v) is 9.95. The molecule has 0 radical (unpaired) electrons. The Morgan fingerprint density at radius 2 is 2.00 bits per heavy atom. The second-order valence-corrected chi connectivity index (χ2v) is 7.28. The number of nitrogens with one attached hydrogen (secondary N) is 1. The predicted octanol–water partition coefficient (Wildman–Crippen LogP) is 3.39. The fraction of sp³-hybridized carbons (Fsp3) is 0.619. The molecule has 0 spiro atoms. The smallest absolute Gasteiger partial charge is 0.145 e. The molecule has 1 atom stereocenters. The normalized spacial score (nSPS) is 18.1. The van der Waals surface area contributed by atoms with Crippen molar-refractivity contribution >= 4 is 16.7 Å². The number of ether oxygens (including phenoxy) is 2. The van der Waals surface area contributed by atoms with E-state index in [1.54, 1.807) is 14.2 Å². The molecular formula is C21H32N4O2. The van der Waals surface area contributed by atoms with Gasteiger partial charge in [0.05, 0.1) is 18.7 Å². The maximum atomic E-state index is 5.31. The van der Waals surface area contributed by atoms with Gasteiger partial charge < -0.3 is 14.8 Å². The fourth-order valence-corrected chi connectivity index (χ4v) is 3.85. The van der Waals surface area contributed by atoms with Crippen LogP contribution in [-0.2, 0) is 16.0 Å². The van der Waals surface area contributed by atoms with Gasteiger partial charge in [-0.2, -0.15) is 0 Å². The highest BCUT2D eigenvalue weighted by Crippen LogP contribution is 2.25. The van der Waals surface area contributed by atoms with Gasteiger partial charge in [0.15, 0.2) is 0 Å². The lowest BCUT2D eigenvalue weighted by Gasteiger charge is -2.35. The van der Waals surface area contributed by atoms with Crippen LogP contribution in [0.1, 0.15) is 37.1 Å². The molecule has 1 aromatic carbocycles. The molecule has 0 bridgehead atoms. The van der Waals surface area contributed by atoms with Crippen LogP contribution in [0.3, 0.4) is 0 Å². The Morgan fingerprint density at radius 3 is 2.81 bits per heavy atom. The van der Waals surface area contributed by atoms with Crippen LogP contribution in [0.15, 0.2) is 18.2 Å². The summed E-state index contributed by atoms with van der Waals surface area (Å²) in [6.07, 6.45) is 4.85. The first-order valence-electron chi connectivity index (χ1n) is 9.95. The Bertz CT molecular complexity index is 737. The van der Waals surface area contributed by atoms with E-state index in [1.165, 1.54) is 24.8 Å². The number of piperidine rings is 1. The number of methoxy groups -OCH3 is 2. The van der Waals surface area contributed by atoms with E-state index in [9.17, 15) is 0 Å². The number of para-hydroxylation sites is 1. The molecule has 0 aliphatic carbocycles. The monoisotopic (exact) mass is 372 g/mol. The standard InChI is InChI=1S/C21H32N4O2/c1-16-7-6-9-18-20(16)23-19(24-21(18)22-11-14-27-3)15-25-12-5-4-8-17(25)10-13-26-2/h6-7,9,17H,4-5,8,10-15H2,1-3H3,(H,22,23,24). The summed E-state index contributed by atoms with van der Waals surface area (Å²) in [5.74, 6) is 1.79. The molecule has 0 amide bonds. The first kappa shape index (κ1) is 20.0. The second kappa shape index (κ2) is 9.97. The van der Waals surface area contributed by atoms with Gasteiger partial charge in [-0.3, -0.25) is 4.90 Å². The van der Waals surface area contributed by atoms with Crippen molar-refractivity contribution in [3.8, 4) is 0 Å². The number of aryl methyl sites for hydroxylation is 1. The van der Waals surface area contributed by atoms with Gasteiger partial charge in [-0.1, -0.05) is 18.6 Å². The van der Waals surface area contributed by atoms with Crippen LogP contribution in [0, 0.1) is 6.92 Å². The van der Waals surface area contributed by atoms with E-state index in [-0.39, 0.29) is 0 Å². The van der Waals surface area contributed by atoms with Crippen LogP contribution in [0.2, 0.25) is 0 Å². The Labute approximate surface area is 162 Å². The molecule has 6 nitrogen and oxygen atoms in total. The van der Waals surface area contributed by atoms with Gasteiger partial charge >= 0.3 is 0 Å². The van der Waals surface area contributed by atoms with Crippen molar-refractivity contribution in [3.05, 3.63) is 29.6 Å². The molecule has 1 saturated heterocycles. The van der Waals surface area contributed by atoms with Crippen molar-refractivity contribution in [1.82, 2.24) is 14.9 Å². The Hall–Kier alpha value is -1.76. The predicted molar refractivity (Wildman–Crippen MR) is 109 cm³/mol. The number of hydrogen-bond acceptors (Lipinski definition) is 6. The molecule has 1 aliphatic rings. The number of anilines is 1. The quantitative estimate of drug-likeness (QED) is 0.681. The largest absolute Gasteiger partial charge is 0.385 e. The lowest BCUT2D eigenvalue weighted by Crippen LogP contribution is -2.40. The molecule has 2 aromatic rings. The van der Waals surface area contributed by atoms with E-state index in [0.29, 0.717) is 12.6 Å². The van der Waals surface area contributed by atoms with Crippen LogP contribution < -0.4 is 5.32 Å². The zero-order valence-corrected chi connectivity index (χ0v) is 16.8. The van der Waals surface area contributed by atoms with Crippen molar-refractivity contribution in [2.24, 2.45) is 0 Å². The fourth-order valence-electron chi connectivity index (χ4n) is 3.85. The Morgan fingerprint density at radius 1 is 1.15 bits per heavy atom. The van der Waals surface area contributed by atoms with E-state index >= 15 is 0 Å². The zero-order valence-electron chi connectivity index (χ0n) is 16.8. The van der Waals surface area contributed by atoms with Crippen LogP contribution in [0.5, 0.6) is 0 Å². The molecule has 2 heterocycles. The number of benzene rings is 1. The van der Waals surface area contributed by atoms with Gasteiger partial charge in [0.25, 0.3) is 0 Å². The maximum Gasteiger partial charge on any atom is 0.145 e. The summed E-state index contributed by atoms with van der Waals surface area (Å²) in [6, 6.07) is 6.82. The molecule has 148 valence electrons. The van der Waals surface area contributed by atoms with Crippen molar-refractivity contribution < 1.29 is 9.47 Å². The molecule has 6 heteroatoms. The highest BCUT2D eigenvalue weighted by molar-refractivity contribution is 5.91. The van der Waals surface area contributed by atoms with E-state index in [2.05, 4.69) is 35.3 Å². The summed E-state index contributed by atoms with van der Waals surface area (Å²) in [6.45, 7) is 6.20. The molecule has 1 aromatic heterocycles. The third kappa shape index (κ3) is 5.15. The zero-order chi connectivity index (χ0) is 19.1. The van der Waals surface area contributed by atoms with Crippen LogP contribution >= 0.6 is 0 Å². The molecule has 0 saturated carbocycles. The van der Waals surface area contributed by atoms with E-state index in [0.717, 1.165) is 55.2 Å². The SMILES string of the molecule is COCCNc1nc(CN2CCCCC2CCOC)nc2c(C)cccc12. The summed E-state index contributed by atoms with van der Waals surface area (Å²) in [5, 5.41) is 4.50. The Balaban J connectivity index is 1.85. The molecule has 1 N–H and O–H groups in total. The summed E-state index contributed by atoms with van der Waals surface area (Å²) in [5.41, 5.74) is 2.22. The minimum Gasteiger partial charge on any atom is -0.385 e. The molecule has 3 rings (SSSR count). The van der Waals surface area contributed by atoms with E-state index in [1.807, 2.05) is 0 Å². The minimum atomic E-state index is 0.555. The average Bonchev–Trinajstić information content (AvgIpc) is 2.68. The van der Waals surface area contributed by atoms with E-state index in [4.69, 9.17) is 19.4 Å². The number of nitrogens with zero attached hydrogens (tertiary/aromatic N) is 3. The van der Waals surface area contributed by atoms with Crippen LogP contribution in [0.25, 0.3) is 10.9 Å². The lowest BCUT2D eigenvalue weighted by atomic mass is 9.99. The molecule has 1 aliphatic heterocycles. The summed E-state index contributed by atoms with van der Waals surface area (Å²) in [7, 11) is 3.49. The van der Waals surface area contributed by atoms with E-state index < -0.39 is 0 Å². The van der Waals surface area contributed by atoms with Gasteiger partial charge in [-0.05, 0) is 44.4 Å². The second-order valence-electron chi connectivity index (χ2n) is 7.28. The van der Waals surface area contributed by atoms with Gasteiger partial charge in [0.2, 0.25) is 0 Å². The maximum absolute atomic E-state index is 5.31. The number of likely N-dealkylation sites (tertiary alicyclic amines) is 1. The molecule has 1 fully saturated rings. The van der Waals surface area contributed by atoms with Gasteiger partial charge in [0.1, 0.15) is 11.6 Å². The molecule has 27 heavy (non-hydrogen) atoms. The first-order chi connectivity index (χ1) is 13.2. The van der Waals surface area contributed by atoms with Crippen LogP contribution in [0.4, 0.5) is 5.82 Å². The van der Waals surface area contributed by atoms with Gasteiger partial charge in [0, 0.05) is 38.8 Å². The third-order valence-electron chi connectivity index (χ3n) is 5.32. The van der Waals surface area contributed by atoms with Crippen molar-refractivity contribution in [1.29, 1.82) is 0 Å².